The van der Waals surface area contributed by atoms with Gasteiger partial charge in [-0.25, -0.2) is 0 Å². The van der Waals surface area contributed by atoms with Crippen LogP contribution in [0.1, 0.15) is 47.2 Å². The standard InChI is InChI=1S/C58H41NS/c1-57(2)51-22-9-11-24-53(51)58(54-25-12-10-23-52(54)57)49-21-8-6-17-45(49)48-37-43(35-36-50(48)58)59(41-31-27-39(28-32-41)38-15-4-3-5-16-38)42-33-29-40(30-34-42)44-19-14-20-47-46-18-7-13-26-55(46)60-56(44)47/h3-37H,1-2H3. The van der Waals surface area contributed by atoms with E-state index in [-0.39, 0.29) is 5.41 Å². The van der Waals surface area contributed by atoms with Crippen LogP contribution >= 0.6 is 11.3 Å². The molecule has 1 aromatic heterocycles. The van der Waals surface area contributed by atoms with Gasteiger partial charge in [-0.1, -0.05) is 184 Å². The topological polar surface area (TPSA) is 3.24 Å². The van der Waals surface area contributed by atoms with Gasteiger partial charge in [-0.3, -0.25) is 0 Å². The molecule has 0 radical (unpaired) electrons. The minimum absolute atomic E-state index is 0.132. The van der Waals surface area contributed by atoms with Crippen molar-refractivity contribution in [3.05, 3.63) is 246 Å². The summed E-state index contributed by atoms with van der Waals surface area (Å²) < 4.78 is 2.66. The van der Waals surface area contributed by atoms with Crippen LogP contribution in [0.2, 0.25) is 0 Å². The Morgan fingerprint density at radius 3 is 1.55 bits per heavy atom. The van der Waals surface area contributed by atoms with E-state index < -0.39 is 5.41 Å². The van der Waals surface area contributed by atoms with Gasteiger partial charge in [0.2, 0.25) is 0 Å². The molecule has 1 heterocycles. The third kappa shape index (κ3) is 4.98. The molecule has 0 aliphatic heterocycles. The van der Waals surface area contributed by atoms with E-state index in [9.17, 15) is 0 Å². The molecular weight excluding hydrogens is 743 g/mol. The number of nitrogens with zero attached hydrogens (tertiary/aromatic N) is 1. The first-order chi connectivity index (χ1) is 29.5. The lowest BCUT2D eigenvalue weighted by Crippen LogP contribution is -2.40. The number of hydrogen-bond donors (Lipinski definition) is 0. The second-order valence-corrected chi connectivity index (χ2v) is 17.9. The normalized spacial score (nSPS) is 14.1. The summed E-state index contributed by atoms with van der Waals surface area (Å²) in [6, 6.07) is 79.1. The lowest BCUT2D eigenvalue weighted by molar-refractivity contribution is 0.563. The highest BCUT2D eigenvalue weighted by Crippen LogP contribution is 2.62. The zero-order chi connectivity index (χ0) is 40.0. The fourth-order valence-electron chi connectivity index (χ4n) is 10.6. The van der Waals surface area contributed by atoms with Crippen LogP contribution in [0.5, 0.6) is 0 Å². The zero-order valence-corrected chi connectivity index (χ0v) is 34.4. The molecule has 2 heteroatoms. The Bertz CT molecular complexity index is 3230. The predicted molar refractivity (Wildman–Crippen MR) is 254 cm³/mol. The van der Waals surface area contributed by atoms with Gasteiger partial charge < -0.3 is 4.90 Å². The van der Waals surface area contributed by atoms with Crippen molar-refractivity contribution in [3.8, 4) is 33.4 Å². The fraction of sp³-hybridized carbons (Fsp3) is 0.0690. The van der Waals surface area contributed by atoms with E-state index in [1.165, 1.54) is 86.9 Å². The van der Waals surface area contributed by atoms with Crippen molar-refractivity contribution in [2.75, 3.05) is 4.90 Å². The molecule has 0 bridgehead atoms. The van der Waals surface area contributed by atoms with E-state index in [1.807, 2.05) is 11.3 Å². The summed E-state index contributed by atoms with van der Waals surface area (Å²) in [6.07, 6.45) is 0. The molecule has 0 N–H and O–H groups in total. The van der Waals surface area contributed by atoms with Gasteiger partial charge in [0.1, 0.15) is 0 Å². The van der Waals surface area contributed by atoms with Gasteiger partial charge in [0.15, 0.2) is 0 Å². The monoisotopic (exact) mass is 783 g/mol. The number of thiophene rings is 1. The first-order valence-corrected chi connectivity index (χ1v) is 21.7. The quantitative estimate of drug-likeness (QED) is 0.168. The van der Waals surface area contributed by atoms with E-state index >= 15 is 0 Å². The highest BCUT2D eigenvalue weighted by molar-refractivity contribution is 7.26. The molecule has 0 fully saturated rings. The van der Waals surface area contributed by atoms with Crippen LogP contribution in [-0.2, 0) is 10.8 Å². The first-order valence-electron chi connectivity index (χ1n) is 20.9. The van der Waals surface area contributed by atoms with Gasteiger partial charge >= 0.3 is 0 Å². The van der Waals surface area contributed by atoms with Gasteiger partial charge in [0, 0.05) is 42.6 Å². The Hall–Kier alpha value is -7.00. The number of fused-ring (bicyclic) bond motifs is 12. The van der Waals surface area contributed by atoms with Gasteiger partial charge in [0.25, 0.3) is 0 Å². The Labute approximate surface area is 355 Å². The van der Waals surface area contributed by atoms with Crippen molar-refractivity contribution in [2.45, 2.75) is 24.7 Å². The maximum absolute atomic E-state index is 2.45. The molecule has 10 aromatic rings. The second-order valence-electron chi connectivity index (χ2n) is 16.8. The van der Waals surface area contributed by atoms with Gasteiger partial charge in [0.05, 0.1) is 5.41 Å². The molecule has 1 nitrogen and oxygen atoms in total. The van der Waals surface area contributed by atoms with Crippen LogP contribution in [0.4, 0.5) is 17.1 Å². The molecule has 9 aromatic carbocycles. The van der Waals surface area contributed by atoms with Gasteiger partial charge in [-0.05, 0) is 109 Å². The summed E-state index contributed by atoms with van der Waals surface area (Å²) in [5, 5.41) is 2.64. The minimum atomic E-state index is -0.426. The maximum Gasteiger partial charge on any atom is 0.0719 e. The number of rotatable bonds is 5. The smallest absolute Gasteiger partial charge is 0.0719 e. The maximum atomic E-state index is 2.45. The second kappa shape index (κ2) is 13.3. The lowest BCUT2D eigenvalue weighted by Gasteiger charge is -2.46. The average molecular weight is 784 g/mol. The largest absolute Gasteiger partial charge is 0.310 e. The van der Waals surface area contributed by atoms with Crippen molar-refractivity contribution in [2.24, 2.45) is 0 Å². The molecule has 0 saturated carbocycles. The third-order valence-electron chi connectivity index (χ3n) is 13.4. The Balaban J connectivity index is 1.04. The van der Waals surface area contributed by atoms with Crippen molar-refractivity contribution < 1.29 is 0 Å². The molecule has 0 saturated heterocycles. The average Bonchev–Trinajstić information content (AvgIpc) is 3.83. The van der Waals surface area contributed by atoms with Crippen LogP contribution in [0.25, 0.3) is 53.6 Å². The molecule has 0 unspecified atom stereocenters. The van der Waals surface area contributed by atoms with E-state index in [1.54, 1.807) is 0 Å². The lowest BCUT2D eigenvalue weighted by atomic mass is 9.55. The molecule has 0 atom stereocenters. The number of anilines is 3. The fourth-order valence-corrected chi connectivity index (χ4v) is 11.9. The zero-order valence-electron chi connectivity index (χ0n) is 33.6. The van der Waals surface area contributed by atoms with Gasteiger partial charge in [-0.2, -0.15) is 0 Å². The van der Waals surface area contributed by atoms with Crippen LogP contribution in [0.3, 0.4) is 0 Å². The summed E-state index contributed by atoms with van der Waals surface area (Å²) in [5.74, 6) is 0. The molecule has 60 heavy (non-hydrogen) atoms. The molecule has 284 valence electrons. The minimum Gasteiger partial charge on any atom is -0.310 e. The summed E-state index contributed by atoms with van der Waals surface area (Å²) in [5.41, 5.74) is 18.5. The highest BCUT2D eigenvalue weighted by atomic mass is 32.1. The first kappa shape index (κ1) is 35.0. The van der Waals surface area contributed by atoms with E-state index in [0.717, 1.165) is 17.1 Å². The van der Waals surface area contributed by atoms with Gasteiger partial charge in [-0.15, -0.1) is 11.3 Å². The molecule has 1 spiro atoms. The predicted octanol–water partition coefficient (Wildman–Crippen LogP) is 15.9. The molecule has 12 rings (SSSR count). The third-order valence-corrected chi connectivity index (χ3v) is 14.6. The Kier molecular flexibility index (Phi) is 7.73. The summed E-state index contributed by atoms with van der Waals surface area (Å²) in [6.45, 7) is 4.77. The van der Waals surface area contributed by atoms with E-state index in [4.69, 9.17) is 0 Å². The molecule has 2 aliphatic rings. The summed E-state index contributed by atoms with van der Waals surface area (Å²) in [7, 11) is 0. The molecular formula is C58H41NS. The molecule has 0 amide bonds. The Morgan fingerprint density at radius 1 is 0.350 bits per heavy atom. The molecule has 2 aliphatic carbocycles. The van der Waals surface area contributed by atoms with Crippen molar-refractivity contribution in [1.29, 1.82) is 0 Å². The highest BCUT2D eigenvalue weighted by Gasteiger charge is 2.53. The van der Waals surface area contributed by atoms with Crippen molar-refractivity contribution in [3.63, 3.8) is 0 Å². The number of benzene rings is 9. The Morgan fingerprint density at radius 2 is 0.850 bits per heavy atom. The van der Waals surface area contributed by atoms with Crippen molar-refractivity contribution >= 4 is 48.6 Å². The summed E-state index contributed by atoms with van der Waals surface area (Å²) in [4.78, 5) is 2.43. The SMILES string of the molecule is CC1(C)c2ccccc2C2(c3ccccc3-c3cc(N(c4ccc(-c5ccccc5)cc4)c4ccc(-c5cccc6c5sc5ccccc56)cc4)ccc32)c2ccccc21. The number of hydrogen-bond acceptors (Lipinski definition) is 2. The van der Waals surface area contributed by atoms with Crippen molar-refractivity contribution in [1.82, 2.24) is 0 Å². The van der Waals surface area contributed by atoms with Crippen LogP contribution in [-0.4, -0.2) is 0 Å². The van der Waals surface area contributed by atoms with Crippen LogP contribution in [0.15, 0.2) is 212 Å². The van der Waals surface area contributed by atoms with Crippen LogP contribution in [0, 0.1) is 0 Å². The van der Waals surface area contributed by atoms with E-state index in [2.05, 4.69) is 231 Å². The van der Waals surface area contributed by atoms with Crippen LogP contribution < -0.4 is 4.90 Å². The summed E-state index contributed by atoms with van der Waals surface area (Å²) >= 11 is 1.88. The van der Waals surface area contributed by atoms with E-state index in [0.29, 0.717) is 0 Å².